The number of ether oxygens (including phenoxy) is 2. The van der Waals surface area contributed by atoms with E-state index in [4.69, 9.17) is 14.6 Å². The van der Waals surface area contributed by atoms with Crippen molar-refractivity contribution in [1.29, 1.82) is 0 Å². The van der Waals surface area contributed by atoms with Crippen LogP contribution in [0.15, 0.2) is 9.59 Å². The van der Waals surface area contributed by atoms with E-state index in [-0.39, 0.29) is 24.6 Å². The van der Waals surface area contributed by atoms with Crippen LogP contribution in [-0.4, -0.2) is 36.9 Å². The largest absolute Gasteiger partial charge is 0.488 e. The van der Waals surface area contributed by atoms with Gasteiger partial charge in [-0.2, -0.15) is 0 Å². The Hall–Kier alpha value is -1.89. The van der Waals surface area contributed by atoms with Gasteiger partial charge in [-0.15, -0.1) is 0 Å². The minimum Gasteiger partial charge on any atom is -0.488 e. The van der Waals surface area contributed by atoms with Crippen LogP contribution in [0.5, 0.6) is 5.75 Å². The number of carboxylic acids is 1. The maximum absolute atomic E-state index is 11.2. The van der Waals surface area contributed by atoms with Crippen LogP contribution in [0.1, 0.15) is 13.8 Å². The minimum atomic E-state index is -1.06. The molecule has 0 aromatic heterocycles. The van der Waals surface area contributed by atoms with Gasteiger partial charge in [0, 0.05) is 6.54 Å². The summed E-state index contributed by atoms with van der Waals surface area (Å²) in [5.74, 6) is -1.02. The molecular weight excluding hydrogens is 242 g/mol. The molecule has 1 aromatic carbocycles. The van der Waals surface area contributed by atoms with Crippen LogP contribution in [0.2, 0.25) is 0 Å². The summed E-state index contributed by atoms with van der Waals surface area (Å²) >= 11 is 0. The molecule has 0 radical (unpaired) electrons. The molecule has 1 unspecified atom stereocenters. The molecule has 0 spiro atoms. The predicted molar refractivity (Wildman–Crippen MR) is 64.1 cm³/mol. The highest BCUT2D eigenvalue weighted by atomic mass is 16.5. The lowest BCUT2D eigenvalue weighted by Gasteiger charge is -2.13. The molecule has 18 heavy (non-hydrogen) atoms. The van der Waals surface area contributed by atoms with Crippen molar-refractivity contribution in [3.63, 3.8) is 0 Å². The van der Waals surface area contributed by atoms with Crippen molar-refractivity contribution in [2.24, 2.45) is 0 Å². The van der Waals surface area contributed by atoms with Gasteiger partial charge in [0.15, 0.2) is 11.9 Å². The molecule has 0 fully saturated rings. The Kier molecular flexibility index (Phi) is 4.85. The molecule has 0 heterocycles. The number of hydrogen-bond acceptors (Lipinski definition) is 6. The number of anilines is 1. The van der Waals surface area contributed by atoms with Crippen LogP contribution in [0, 0.1) is 0 Å². The molecule has 7 nitrogen and oxygen atoms in total. The SMILES string of the molecule is CCOc1c(NCCOC(C)C(=O)O)c(=O)c1=O. The van der Waals surface area contributed by atoms with Crippen molar-refractivity contribution in [2.45, 2.75) is 20.0 Å². The fraction of sp³-hybridized carbons (Fsp3) is 0.545. The molecule has 0 aliphatic rings. The highest BCUT2D eigenvalue weighted by molar-refractivity contribution is 5.71. The zero-order valence-corrected chi connectivity index (χ0v) is 10.2. The molecule has 1 rings (SSSR count). The van der Waals surface area contributed by atoms with E-state index in [9.17, 15) is 14.4 Å². The summed E-state index contributed by atoms with van der Waals surface area (Å²) in [6.45, 7) is 3.75. The lowest BCUT2D eigenvalue weighted by Crippen LogP contribution is -2.36. The van der Waals surface area contributed by atoms with Crippen LogP contribution in [0.4, 0.5) is 5.69 Å². The van der Waals surface area contributed by atoms with E-state index in [1.165, 1.54) is 6.92 Å². The maximum atomic E-state index is 11.2. The minimum absolute atomic E-state index is 0.0359. The fourth-order valence-corrected chi connectivity index (χ4v) is 1.30. The average Bonchev–Trinajstić information content (AvgIpc) is 2.35. The van der Waals surface area contributed by atoms with E-state index in [0.29, 0.717) is 6.61 Å². The number of carbonyl (C=O) groups is 1. The molecule has 1 atom stereocenters. The third-order valence-corrected chi connectivity index (χ3v) is 2.27. The Morgan fingerprint density at radius 3 is 2.61 bits per heavy atom. The van der Waals surface area contributed by atoms with Gasteiger partial charge < -0.3 is 19.9 Å². The van der Waals surface area contributed by atoms with Crippen LogP contribution >= 0.6 is 0 Å². The van der Waals surface area contributed by atoms with E-state index in [1.807, 2.05) is 0 Å². The second kappa shape index (κ2) is 6.15. The van der Waals surface area contributed by atoms with Gasteiger partial charge in [-0.3, -0.25) is 9.59 Å². The van der Waals surface area contributed by atoms with Gasteiger partial charge >= 0.3 is 5.97 Å². The van der Waals surface area contributed by atoms with Crippen LogP contribution in [-0.2, 0) is 9.53 Å². The zero-order chi connectivity index (χ0) is 13.7. The Bertz CT molecular complexity index is 488. The molecule has 0 saturated carbocycles. The van der Waals surface area contributed by atoms with Gasteiger partial charge in [0.2, 0.25) is 0 Å². The number of rotatable bonds is 8. The van der Waals surface area contributed by atoms with Gasteiger partial charge in [-0.25, -0.2) is 4.79 Å². The van der Waals surface area contributed by atoms with Crippen molar-refractivity contribution < 1.29 is 19.4 Å². The molecule has 7 heteroatoms. The Balaban J connectivity index is 2.41. The third kappa shape index (κ3) is 3.07. The number of hydrogen-bond donors (Lipinski definition) is 2. The summed E-state index contributed by atoms with van der Waals surface area (Å²) in [5, 5.41) is 11.3. The van der Waals surface area contributed by atoms with E-state index < -0.39 is 22.9 Å². The lowest BCUT2D eigenvalue weighted by atomic mass is 10.2. The standard InChI is InChI=1S/C11H15NO6/c1-3-17-10-7(8(13)9(10)14)12-4-5-18-6(2)11(15)16/h6,12H,3-5H2,1-2H3,(H,15,16). The van der Waals surface area contributed by atoms with Crippen molar-refractivity contribution in [1.82, 2.24) is 0 Å². The van der Waals surface area contributed by atoms with Crippen molar-refractivity contribution >= 4 is 11.7 Å². The van der Waals surface area contributed by atoms with Gasteiger partial charge in [-0.05, 0) is 13.8 Å². The van der Waals surface area contributed by atoms with Gasteiger partial charge in [-0.1, -0.05) is 0 Å². The maximum Gasteiger partial charge on any atom is 0.332 e. The van der Waals surface area contributed by atoms with Crippen LogP contribution in [0.25, 0.3) is 0 Å². The molecular formula is C11H15NO6. The normalized spacial score (nSPS) is 12.3. The second-order valence-electron chi connectivity index (χ2n) is 3.57. The van der Waals surface area contributed by atoms with E-state index >= 15 is 0 Å². The van der Waals surface area contributed by atoms with Gasteiger partial charge in [0.25, 0.3) is 10.9 Å². The fourth-order valence-electron chi connectivity index (χ4n) is 1.30. The van der Waals surface area contributed by atoms with Crippen molar-refractivity contribution in [3.05, 3.63) is 20.4 Å². The zero-order valence-electron chi connectivity index (χ0n) is 10.2. The molecule has 100 valence electrons. The smallest absolute Gasteiger partial charge is 0.332 e. The predicted octanol–water partition coefficient (Wildman–Crippen LogP) is -0.417. The summed E-state index contributed by atoms with van der Waals surface area (Å²) < 4.78 is 9.96. The van der Waals surface area contributed by atoms with Crippen molar-refractivity contribution in [2.75, 3.05) is 25.1 Å². The Morgan fingerprint density at radius 2 is 2.06 bits per heavy atom. The van der Waals surface area contributed by atoms with Crippen LogP contribution < -0.4 is 20.9 Å². The van der Waals surface area contributed by atoms with E-state index in [0.717, 1.165) is 0 Å². The summed E-state index contributed by atoms with van der Waals surface area (Å²) in [4.78, 5) is 32.8. The number of nitrogens with one attached hydrogen (secondary N) is 1. The van der Waals surface area contributed by atoms with Gasteiger partial charge in [0.05, 0.1) is 13.2 Å². The van der Waals surface area contributed by atoms with E-state index in [1.54, 1.807) is 6.92 Å². The molecule has 0 amide bonds. The summed E-state index contributed by atoms with van der Waals surface area (Å²) in [7, 11) is 0. The summed E-state index contributed by atoms with van der Waals surface area (Å²) in [5.41, 5.74) is -1.13. The van der Waals surface area contributed by atoms with Crippen molar-refractivity contribution in [3.8, 4) is 5.75 Å². The molecule has 0 aliphatic heterocycles. The topological polar surface area (TPSA) is 102 Å². The third-order valence-electron chi connectivity index (χ3n) is 2.27. The molecule has 2 N–H and O–H groups in total. The lowest BCUT2D eigenvalue weighted by molar-refractivity contribution is -0.148. The Morgan fingerprint density at radius 1 is 1.39 bits per heavy atom. The molecule has 0 bridgehead atoms. The quantitative estimate of drug-likeness (QED) is 0.481. The second-order valence-corrected chi connectivity index (χ2v) is 3.57. The highest BCUT2D eigenvalue weighted by Gasteiger charge is 2.21. The molecule has 1 aromatic rings. The average molecular weight is 257 g/mol. The molecule has 0 saturated heterocycles. The first-order valence-electron chi connectivity index (χ1n) is 5.53. The first-order valence-corrected chi connectivity index (χ1v) is 5.53. The van der Waals surface area contributed by atoms with E-state index in [2.05, 4.69) is 5.32 Å². The van der Waals surface area contributed by atoms with Gasteiger partial charge in [0.1, 0.15) is 5.69 Å². The molecule has 0 aliphatic carbocycles. The highest BCUT2D eigenvalue weighted by Crippen LogP contribution is 2.16. The number of aliphatic carboxylic acids is 1. The Labute approximate surface area is 103 Å². The first-order chi connectivity index (χ1) is 8.49. The summed E-state index contributed by atoms with van der Waals surface area (Å²) in [6.07, 6.45) is -0.911. The monoisotopic (exact) mass is 257 g/mol. The first kappa shape index (κ1) is 14.2. The number of carboxylic acid groups (broad SMARTS) is 1. The van der Waals surface area contributed by atoms with Crippen LogP contribution in [0.3, 0.4) is 0 Å². The summed E-state index contributed by atoms with van der Waals surface area (Å²) in [6, 6.07) is 0.